The zero-order valence-electron chi connectivity index (χ0n) is 16.9. The lowest BCUT2D eigenvalue weighted by Crippen LogP contribution is -2.33. The molecule has 4 rings (SSSR count). The highest BCUT2D eigenvalue weighted by molar-refractivity contribution is 5.98. The molecule has 2 heterocycles. The van der Waals surface area contributed by atoms with Gasteiger partial charge in [-0.25, -0.2) is 0 Å². The van der Waals surface area contributed by atoms with Gasteiger partial charge < -0.3 is 18.8 Å². The Morgan fingerprint density at radius 2 is 1.90 bits per heavy atom. The van der Waals surface area contributed by atoms with Crippen LogP contribution in [0.2, 0.25) is 0 Å². The van der Waals surface area contributed by atoms with Gasteiger partial charge in [-0.3, -0.25) is 4.79 Å². The average Bonchev–Trinajstić information content (AvgIpc) is 3.06. The van der Waals surface area contributed by atoms with Crippen molar-refractivity contribution in [3.63, 3.8) is 0 Å². The Morgan fingerprint density at radius 1 is 1.17 bits per heavy atom. The summed E-state index contributed by atoms with van der Waals surface area (Å²) in [6.45, 7) is 4.79. The number of aromatic nitrogens is 1. The molecule has 0 spiro atoms. The third-order valence-electron chi connectivity index (χ3n) is 5.19. The van der Waals surface area contributed by atoms with Gasteiger partial charge in [-0.05, 0) is 44.2 Å². The van der Waals surface area contributed by atoms with Crippen LogP contribution in [0.3, 0.4) is 0 Å². The SMILES string of the molecule is Cc1cc(C(=O)COc2ccccc2C#N)c(C)n1C[C@@H]1COc2ccccc2O1. The number of nitrogens with zero attached hydrogens (tertiary/aromatic N) is 2. The number of aryl methyl sites for hydroxylation is 1. The summed E-state index contributed by atoms with van der Waals surface area (Å²) in [5.74, 6) is 1.76. The van der Waals surface area contributed by atoms with E-state index in [9.17, 15) is 4.79 Å². The first-order valence-electron chi connectivity index (χ1n) is 9.77. The lowest BCUT2D eigenvalue weighted by molar-refractivity contribution is 0.0777. The number of benzene rings is 2. The van der Waals surface area contributed by atoms with E-state index in [-0.39, 0.29) is 18.5 Å². The fraction of sp³-hybridized carbons (Fsp3) is 0.250. The van der Waals surface area contributed by atoms with E-state index >= 15 is 0 Å². The Bertz CT molecular complexity index is 1130. The molecule has 0 N–H and O–H groups in total. The molecule has 1 aromatic heterocycles. The zero-order chi connectivity index (χ0) is 21.1. The number of hydrogen-bond donors (Lipinski definition) is 0. The van der Waals surface area contributed by atoms with Gasteiger partial charge in [-0.1, -0.05) is 24.3 Å². The van der Waals surface area contributed by atoms with E-state index in [0.717, 1.165) is 22.9 Å². The van der Waals surface area contributed by atoms with Crippen molar-refractivity contribution in [2.45, 2.75) is 26.5 Å². The molecule has 0 aliphatic carbocycles. The smallest absolute Gasteiger partial charge is 0.202 e. The predicted molar refractivity (Wildman–Crippen MR) is 111 cm³/mol. The van der Waals surface area contributed by atoms with Gasteiger partial charge >= 0.3 is 0 Å². The summed E-state index contributed by atoms with van der Waals surface area (Å²) < 4.78 is 19.5. The number of ketones is 1. The molecule has 1 aliphatic rings. The quantitative estimate of drug-likeness (QED) is 0.581. The summed E-state index contributed by atoms with van der Waals surface area (Å²) in [6.07, 6.45) is -0.147. The van der Waals surface area contributed by atoms with Crippen LogP contribution in [-0.4, -0.2) is 29.7 Å². The highest BCUT2D eigenvalue weighted by Gasteiger charge is 2.24. The second-order valence-corrected chi connectivity index (χ2v) is 7.21. The van der Waals surface area contributed by atoms with Crippen molar-refractivity contribution in [3.05, 3.63) is 77.1 Å². The standard InChI is InChI=1S/C24H22N2O4/c1-16-11-20(21(27)15-29-22-8-4-3-7-18(22)12-25)17(2)26(16)13-19-14-28-23-9-5-6-10-24(23)30-19/h3-11,19H,13-15H2,1-2H3/t19-/m1/s1. The molecule has 2 aromatic carbocycles. The number of Topliss-reactive ketones (excluding diaryl/α,β-unsaturated/α-hetero) is 1. The first kappa shape index (κ1) is 19.6. The molecular formula is C24H22N2O4. The molecule has 0 bridgehead atoms. The Labute approximate surface area is 175 Å². The number of ether oxygens (including phenoxy) is 3. The molecule has 0 unspecified atom stereocenters. The van der Waals surface area contributed by atoms with Crippen LogP contribution in [-0.2, 0) is 6.54 Å². The molecule has 6 nitrogen and oxygen atoms in total. The number of carbonyl (C=O) groups excluding carboxylic acids is 1. The summed E-state index contributed by atoms with van der Waals surface area (Å²) >= 11 is 0. The van der Waals surface area contributed by atoms with Crippen LogP contribution in [0.5, 0.6) is 17.2 Å². The highest BCUT2D eigenvalue weighted by Crippen LogP contribution is 2.31. The molecular weight excluding hydrogens is 380 g/mol. The molecule has 0 radical (unpaired) electrons. The fourth-order valence-electron chi connectivity index (χ4n) is 3.63. The minimum atomic E-state index is -0.147. The monoisotopic (exact) mass is 402 g/mol. The van der Waals surface area contributed by atoms with E-state index in [1.54, 1.807) is 24.3 Å². The van der Waals surface area contributed by atoms with Crippen LogP contribution in [0, 0.1) is 25.2 Å². The fourth-order valence-corrected chi connectivity index (χ4v) is 3.63. The van der Waals surface area contributed by atoms with E-state index in [2.05, 4.69) is 10.6 Å². The Morgan fingerprint density at radius 3 is 2.70 bits per heavy atom. The maximum absolute atomic E-state index is 12.8. The number of carbonyl (C=O) groups is 1. The van der Waals surface area contributed by atoms with Gasteiger partial charge in [-0.2, -0.15) is 5.26 Å². The summed E-state index contributed by atoms with van der Waals surface area (Å²) in [7, 11) is 0. The zero-order valence-corrected chi connectivity index (χ0v) is 16.9. The molecule has 3 aromatic rings. The minimum absolute atomic E-state index is 0.126. The number of hydrogen-bond acceptors (Lipinski definition) is 5. The first-order valence-corrected chi connectivity index (χ1v) is 9.77. The largest absolute Gasteiger partial charge is 0.486 e. The lowest BCUT2D eigenvalue weighted by Gasteiger charge is -2.27. The molecule has 0 fully saturated rings. The van der Waals surface area contributed by atoms with Crippen molar-refractivity contribution in [1.29, 1.82) is 5.26 Å². The van der Waals surface area contributed by atoms with Gasteiger partial charge in [0.1, 0.15) is 18.4 Å². The van der Waals surface area contributed by atoms with Gasteiger partial charge in [-0.15, -0.1) is 0 Å². The molecule has 0 saturated heterocycles. The normalized spacial score (nSPS) is 14.8. The maximum Gasteiger partial charge on any atom is 0.202 e. The van der Waals surface area contributed by atoms with Gasteiger partial charge in [0.2, 0.25) is 5.78 Å². The minimum Gasteiger partial charge on any atom is -0.486 e. The third kappa shape index (κ3) is 3.87. The van der Waals surface area contributed by atoms with Gasteiger partial charge in [0, 0.05) is 17.0 Å². The van der Waals surface area contributed by atoms with Crippen LogP contribution in [0.1, 0.15) is 27.3 Å². The van der Waals surface area contributed by atoms with Crippen LogP contribution >= 0.6 is 0 Å². The topological polar surface area (TPSA) is 73.5 Å². The average molecular weight is 402 g/mol. The Hall–Kier alpha value is -3.72. The third-order valence-corrected chi connectivity index (χ3v) is 5.19. The van der Waals surface area contributed by atoms with Gasteiger partial charge in [0.05, 0.1) is 12.1 Å². The van der Waals surface area contributed by atoms with Crippen LogP contribution in [0.15, 0.2) is 54.6 Å². The summed E-state index contributed by atoms with van der Waals surface area (Å²) in [4.78, 5) is 12.8. The lowest BCUT2D eigenvalue weighted by atomic mass is 10.1. The first-order chi connectivity index (χ1) is 14.6. The van der Waals surface area contributed by atoms with Crippen LogP contribution in [0.4, 0.5) is 0 Å². The van der Waals surface area contributed by atoms with Gasteiger partial charge in [0.15, 0.2) is 24.2 Å². The molecule has 1 atom stereocenters. The highest BCUT2D eigenvalue weighted by atomic mass is 16.6. The maximum atomic E-state index is 12.8. The second kappa shape index (κ2) is 8.34. The predicted octanol–water partition coefficient (Wildman–Crippen LogP) is 4.08. The van der Waals surface area contributed by atoms with E-state index in [0.29, 0.717) is 30.0 Å². The van der Waals surface area contributed by atoms with E-state index in [4.69, 9.17) is 19.5 Å². The number of fused-ring (bicyclic) bond motifs is 1. The number of para-hydroxylation sites is 3. The second-order valence-electron chi connectivity index (χ2n) is 7.21. The molecule has 0 amide bonds. The van der Waals surface area contributed by atoms with Crippen molar-refractivity contribution in [2.24, 2.45) is 0 Å². The van der Waals surface area contributed by atoms with Crippen LogP contribution < -0.4 is 14.2 Å². The van der Waals surface area contributed by atoms with Crippen molar-refractivity contribution in [2.75, 3.05) is 13.2 Å². The molecule has 30 heavy (non-hydrogen) atoms. The Balaban J connectivity index is 1.46. The molecule has 6 heteroatoms. The van der Waals surface area contributed by atoms with E-state index in [1.165, 1.54) is 0 Å². The summed E-state index contributed by atoms with van der Waals surface area (Å²) in [6, 6.07) is 18.4. The summed E-state index contributed by atoms with van der Waals surface area (Å²) in [5.41, 5.74) is 2.84. The van der Waals surface area contributed by atoms with Crippen molar-refractivity contribution in [1.82, 2.24) is 4.57 Å². The Kier molecular flexibility index (Phi) is 5.44. The molecule has 152 valence electrons. The molecule has 1 aliphatic heterocycles. The van der Waals surface area contributed by atoms with Crippen molar-refractivity contribution in [3.8, 4) is 23.3 Å². The van der Waals surface area contributed by atoms with E-state index in [1.807, 2.05) is 44.2 Å². The summed E-state index contributed by atoms with van der Waals surface area (Å²) in [5, 5.41) is 9.16. The van der Waals surface area contributed by atoms with Crippen molar-refractivity contribution >= 4 is 5.78 Å². The van der Waals surface area contributed by atoms with Gasteiger partial charge in [0.25, 0.3) is 0 Å². The van der Waals surface area contributed by atoms with Crippen LogP contribution in [0.25, 0.3) is 0 Å². The van der Waals surface area contributed by atoms with Crippen molar-refractivity contribution < 1.29 is 19.0 Å². The number of rotatable bonds is 6. The molecule has 0 saturated carbocycles. The van der Waals surface area contributed by atoms with E-state index < -0.39 is 0 Å². The number of nitriles is 1.